The predicted octanol–water partition coefficient (Wildman–Crippen LogP) is 2.02. The average Bonchev–Trinajstić information content (AvgIpc) is 2.82. The van der Waals surface area contributed by atoms with Gasteiger partial charge in [0.15, 0.2) is 10.6 Å². The molecule has 8 heteroatoms. The number of hydrogen-bond acceptors (Lipinski definition) is 4. The molecule has 0 aliphatic carbocycles. The molecule has 0 saturated carbocycles. The van der Waals surface area contributed by atoms with Crippen LogP contribution in [0.4, 0.5) is 0 Å². The lowest BCUT2D eigenvalue weighted by atomic mass is 10.2. The molecule has 2 N–H and O–H groups in total. The number of rotatable bonds is 6. The first-order chi connectivity index (χ1) is 10.1. The Morgan fingerprint density at radius 3 is 2.86 bits per heavy atom. The molecule has 0 unspecified atom stereocenters. The number of nitrogens with one attached hydrogen (secondary N) is 2. The number of aromatic nitrogens is 3. The lowest BCUT2D eigenvalue weighted by Crippen LogP contribution is -2.30. The maximum absolute atomic E-state index is 11.9. The van der Waals surface area contributed by atoms with E-state index in [-0.39, 0.29) is 12.5 Å². The molecule has 21 heavy (non-hydrogen) atoms. The Hall–Kier alpha value is -1.70. The maximum Gasteiger partial charge on any atom is 0.240 e. The highest BCUT2D eigenvalue weighted by atomic mass is 35.5. The first-order valence-corrected chi connectivity index (χ1v) is 7.07. The van der Waals surface area contributed by atoms with Crippen molar-refractivity contribution < 1.29 is 9.53 Å². The number of halogens is 1. The van der Waals surface area contributed by atoms with Crippen molar-refractivity contribution in [1.29, 1.82) is 0 Å². The molecule has 2 aromatic rings. The molecule has 6 nitrogen and oxygen atoms in total. The predicted molar refractivity (Wildman–Crippen MR) is 82.7 cm³/mol. The Kier molecular flexibility index (Phi) is 5.49. The van der Waals surface area contributed by atoms with Crippen LogP contribution in [-0.4, -0.2) is 40.9 Å². The second kappa shape index (κ2) is 7.35. The van der Waals surface area contributed by atoms with E-state index in [0.29, 0.717) is 28.8 Å². The SMILES string of the molecule is COCCNC(=O)Cn1c(-c2ccc(Cl)cc2)n[nH]c1=S. The fourth-order valence-corrected chi connectivity index (χ4v) is 2.10. The van der Waals surface area contributed by atoms with E-state index in [1.807, 2.05) is 12.1 Å². The standard InChI is InChI=1S/C13H15ClN4O2S/c1-20-7-6-15-11(19)8-18-12(16-17-13(18)21)9-2-4-10(14)5-3-9/h2-5H,6-8H2,1H3,(H,15,19)(H,17,21). The number of carbonyl (C=O) groups is 1. The fourth-order valence-electron chi connectivity index (χ4n) is 1.78. The second-order valence-electron chi connectivity index (χ2n) is 4.29. The zero-order chi connectivity index (χ0) is 15.2. The maximum atomic E-state index is 11.9. The molecule has 0 spiro atoms. The topological polar surface area (TPSA) is 71.9 Å². The van der Waals surface area contributed by atoms with Gasteiger partial charge in [0.2, 0.25) is 5.91 Å². The summed E-state index contributed by atoms with van der Waals surface area (Å²) in [6.45, 7) is 1.01. The van der Waals surface area contributed by atoms with Crippen LogP contribution in [0.3, 0.4) is 0 Å². The molecule has 0 fully saturated rings. The van der Waals surface area contributed by atoms with Gasteiger partial charge >= 0.3 is 0 Å². The highest BCUT2D eigenvalue weighted by Gasteiger charge is 2.12. The van der Waals surface area contributed by atoms with Crippen LogP contribution < -0.4 is 5.32 Å². The van der Waals surface area contributed by atoms with Gasteiger partial charge in [-0.05, 0) is 36.5 Å². The summed E-state index contributed by atoms with van der Waals surface area (Å²) < 4.78 is 6.91. The van der Waals surface area contributed by atoms with Gasteiger partial charge in [-0.1, -0.05) is 11.6 Å². The molecule has 0 aliphatic rings. The van der Waals surface area contributed by atoms with Crippen LogP contribution in [-0.2, 0) is 16.1 Å². The van der Waals surface area contributed by atoms with Gasteiger partial charge in [0.1, 0.15) is 6.54 Å². The summed E-state index contributed by atoms with van der Waals surface area (Å²) in [4.78, 5) is 11.9. The average molecular weight is 327 g/mol. The van der Waals surface area contributed by atoms with Gasteiger partial charge in [0, 0.05) is 24.2 Å². The number of aromatic amines is 1. The van der Waals surface area contributed by atoms with Gasteiger partial charge < -0.3 is 10.1 Å². The van der Waals surface area contributed by atoms with E-state index in [1.165, 1.54) is 0 Å². The minimum absolute atomic E-state index is 0.0943. The van der Waals surface area contributed by atoms with Gasteiger partial charge in [-0.15, -0.1) is 0 Å². The normalized spacial score (nSPS) is 10.6. The lowest BCUT2D eigenvalue weighted by Gasteiger charge is -2.08. The van der Waals surface area contributed by atoms with Crippen LogP contribution in [0.2, 0.25) is 5.02 Å². The number of nitrogens with zero attached hydrogens (tertiary/aromatic N) is 2. The minimum Gasteiger partial charge on any atom is -0.383 e. The Balaban J connectivity index is 2.17. The Morgan fingerprint density at radius 2 is 2.19 bits per heavy atom. The number of methoxy groups -OCH3 is 1. The molecule has 1 amide bonds. The Labute approximate surface area is 132 Å². The molecule has 1 heterocycles. The number of ether oxygens (including phenoxy) is 1. The first kappa shape index (κ1) is 15.7. The summed E-state index contributed by atoms with van der Waals surface area (Å²) in [5.74, 6) is 0.443. The van der Waals surface area contributed by atoms with Crippen molar-refractivity contribution in [2.24, 2.45) is 0 Å². The van der Waals surface area contributed by atoms with Crippen LogP contribution >= 0.6 is 23.8 Å². The van der Waals surface area contributed by atoms with E-state index in [9.17, 15) is 4.79 Å². The van der Waals surface area contributed by atoms with E-state index in [2.05, 4.69) is 15.5 Å². The number of hydrogen-bond donors (Lipinski definition) is 2. The van der Waals surface area contributed by atoms with E-state index in [0.717, 1.165) is 5.56 Å². The van der Waals surface area contributed by atoms with Crippen molar-refractivity contribution in [2.75, 3.05) is 20.3 Å². The third-order valence-corrected chi connectivity index (χ3v) is 3.35. The lowest BCUT2D eigenvalue weighted by molar-refractivity contribution is -0.121. The van der Waals surface area contributed by atoms with Gasteiger partial charge in [-0.25, -0.2) is 0 Å². The molecule has 0 saturated heterocycles. The van der Waals surface area contributed by atoms with Crippen molar-refractivity contribution >= 4 is 29.7 Å². The molecule has 0 bridgehead atoms. The second-order valence-corrected chi connectivity index (χ2v) is 5.11. The van der Waals surface area contributed by atoms with Crippen LogP contribution in [0.1, 0.15) is 0 Å². The van der Waals surface area contributed by atoms with Crippen LogP contribution in [0.5, 0.6) is 0 Å². The van der Waals surface area contributed by atoms with Crippen LogP contribution in [0.15, 0.2) is 24.3 Å². The molecule has 0 atom stereocenters. The molecule has 1 aromatic carbocycles. The van der Waals surface area contributed by atoms with E-state index >= 15 is 0 Å². The molecule has 1 aromatic heterocycles. The van der Waals surface area contributed by atoms with E-state index in [1.54, 1.807) is 23.8 Å². The Morgan fingerprint density at radius 1 is 1.48 bits per heavy atom. The van der Waals surface area contributed by atoms with E-state index in [4.69, 9.17) is 28.6 Å². The largest absolute Gasteiger partial charge is 0.383 e. The summed E-state index contributed by atoms with van der Waals surface area (Å²) in [7, 11) is 1.58. The van der Waals surface area contributed by atoms with Crippen molar-refractivity contribution in [2.45, 2.75) is 6.54 Å². The van der Waals surface area contributed by atoms with Crippen molar-refractivity contribution in [3.63, 3.8) is 0 Å². The van der Waals surface area contributed by atoms with Crippen LogP contribution in [0.25, 0.3) is 11.4 Å². The summed E-state index contributed by atoms with van der Waals surface area (Å²) in [6, 6.07) is 7.18. The van der Waals surface area contributed by atoms with Crippen molar-refractivity contribution in [1.82, 2.24) is 20.1 Å². The quantitative estimate of drug-likeness (QED) is 0.629. The summed E-state index contributed by atoms with van der Waals surface area (Å²) in [6.07, 6.45) is 0. The molecule has 0 radical (unpaired) electrons. The smallest absolute Gasteiger partial charge is 0.240 e. The molecular formula is C13H15ClN4O2S. The summed E-state index contributed by atoms with van der Waals surface area (Å²) in [5.41, 5.74) is 0.830. The van der Waals surface area contributed by atoms with Gasteiger partial charge in [-0.3, -0.25) is 14.5 Å². The highest BCUT2D eigenvalue weighted by Crippen LogP contribution is 2.19. The first-order valence-electron chi connectivity index (χ1n) is 6.28. The van der Waals surface area contributed by atoms with Crippen molar-refractivity contribution in [3.8, 4) is 11.4 Å². The number of amides is 1. The van der Waals surface area contributed by atoms with Crippen LogP contribution in [0, 0.1) is 4.77 Å². The third kappa shape index (κ3) is 4.13. The molecule has 2 rings (SSSR count). The Bertz CT molecular complexity index is 666. The number of carbonyl (C=O) groups excluding carboxylic acids is 1. The zero-order valence-electron chi connectivity index (χ0n) is 11.4. The highest BCUT2D eigenvalue weighted by molar-refractivity contribution is 7.71. The number of H-pyrrole nitrogens is 1. The van der Waals surface area contributed by atoms with Gasteiger partial charge in [-0.2, -0.15) is 5.10 Å². The van der Waals surface area contributed by atoms with E-state index < -0.39 is 0 Å². The summed E-state index contributed by atoms with van der Waals surface area (Å²) in [5, 5.41) is 10.2. The molecule has 0 aliphatic heterocycles. The third-order valence-electron chi connectivity index (χ3n) is 2.79. The monoisotopic (exact) mass is 326 g/mol. The fraction of sp³-hybridized carbons (Fsp3) is 0.308. The minimum atomic E-state index is -0.153. The molecular weight excluding hydrogens is 312 g/mol. The zero-order valence-corrected chi connectivity index (χ0v) is 13.0. The number of benzene rings is 1. The van der Waals surface area contributed by atoms with Crippen molar-refractivity contribution in [3.05, 3.63) is 34.1 Å². The van der Waals surface area contributed by atoms with Gasteiger partial charge in [0.05, 0.1) is 6.61 Å². The summed E-state index contributed by atoms with van der Waals surface area (Å²) >= 11 is 11.0. The van der Waals surface area contributed by atoms with Gasteiger partial charge in [0.25, 0.3) is 0 Å². The molecule has 112 valence electrons.